The average molecular weight is 289 g/mol. The molecule has 1 aromatic carbocycles. The molecule has 2 rings (SSSR count). The van der Waals surface area contributed by atoms with E-state index in [0.717, 1.165) is 26.1 Å². The molecular formula is C18H31N3. The highest BCUT2D eigenvalue weighted by Crippen LogP contribution is 2.22. The third-order valence-electron chi connectivity index (χ3n) is 4.53. The van der Waals surface area contributed by atoms with Crippen LogP contribution in [0.1, 0.15) is 45.2 Å². The Kier molecular flexibility index (Phi) is 6.52. The SMILES string of the molecule is CCCNC(CC)c1ccc(N2CCN(CC)CC2)cc1. The van der Waals surface area contributed by atoms with Crippen LogP contribution in [0.15, 0.2) is 24.3 Å². The number of hydrogen-bond donors (Lipinski definition) is 1. The topological polar surface area (TPSA) is 18.5 Å². The van der Waals surface area contributed by atoms with E-state index < -0.39 is 0 Å². The number of rotatable bonds is 7. The van der Waals surface area contributed by atoms with Gasteiger partial charge in [0, 0.05) is 37.9 Å². The molecule has 3 heteroatoms. The summed E-state index contributed by atoms with van der Waals surface area (Å²) in [5.41, 5.74) is 2.79. The zero-order chi connectivity index (χ0) is 15.1. The van der Waals surface area contributed by atoms with Crippen LogP contribution in [-0.4, -0.2) is 44.2 Å². The van der Waals surface area contributed by atoms with Gasteiger partial charge >= 0.3 is 0 Å². The zero-order valence-corrected chi connectivity index (χ0v) is 13.9. The molecule has 118 valence electrons. The standard InChI is InChI=1S/C18H31N3/c1-4-11-19-18(5-2)16-7-9-17(10-8-16)21-14-12-20(6-3)13-15-21/h7-10,18-19H,4-6,11-15H2,1-3H3. The van der Waals surface area contributed by atoms with Crippen LogP contribution < -0.4 is 10.2 Å². The van der Waals surface area contributed by atoms with E-state index in [1.54, 1.807) is 0 Å². The van der Waals surface area contributed by atoms with Crippen LogP contribution in [0.25, 0.3) is 0 Å². The first-order valence-corrected chi connectivity index (χ1v) is 8.59. The molecule has 3 nitrogen and oxygen atoms in total. The molecule has 0 saturated carbocycles. The molecule has 1 aliphatic heterocycles. The lowest BCUT2D eigenvalue weighted by Gasteiger charge is -2.35. The van der Waals surface area contributed by atoms with Gasteiger partial charge in [0.05, 0.1) is 0 Å². The average Bonchev–Trinajstić information content (AvgIpc) is 2.56. The second-order valence-electron chi connectivity index (χ2n) is 5.93. The van der Waals surface area contributed by atoms with Crippen LogP contribution in [0.4, 0.5) is 5.69 Å². The van der Waals surface area contributed by atoms with Crippen molar-refractivity contribution >= 4 is 5.69 Å². The molecule has 0 aromatic heterocycles. The van der Waals surface area contributed by atoms with E-state index in [-0.39, 0.29) is 0 Å². The quantitative estimate of drug-likeness (QED) is 0.831. The Morgan fingerprint density at radius 2 is 1.67 bits per heavy atom. The molecule has 1 atom stereocenters. The Bertz CT molecular complexity index is 393. The molecule has 0 bridgehead atoms. The second kappa shape index (κ2) is 8.40. The van der Waals surface area contributed by atoms with Gasteiger partial charge in [-0.15, -0.1) is 0 Å². The molecule has 0 aliphatic carbocycles. The van der Waals surface area contributed by atoms with Crippen molar-refractivity contribution in [1.29, 1.82) is 0 Å². The van der Waals surface area contributed by atoms with Crippen molar-refractivity contribution in [1.82, 2.24) is 10.2 Å². The van der Waals surface area contributed by atoms with Gasteiger partial charge in [0.25, 0.3) is 0 Å². The lowest BCUT2D eigenvalue weighted by atomic mass is 10.0. The van der Waals surface area contributed by atoms with Crippen LogP contribution in [0.2, 0.25) is 0 Å². The highest BCUT2D eigenvalue weighted by molar-refractivity contribution is 5.48. The van der Waals surface area contributed by atoms with E-state index in [9.17, 15) is 0 Å². The van der Waals surface area contributed by atoms with Gasteiger partial charge in [-0.2, -0.15) is 0 Å². The predicted octanol–water partition coefficient (Wildman–Crippen LogP) is 3.28. The summed E-state index contributed by atoms with van der Waals surface area (Å²) in [6.07, 6.45) is 2.34. The van der Waals surface area contributed by atoms with Crippen molar-refractivity contribution in [2.75, 3.05) is 44.2 Å². The first kappa shape index (κ1) is 16.3. The summed E-state index contributed by atoms with van der Waals surface area (Å²) in [4.78, 5) is 5.03. The summed E-state index contributed by atoms with van der Waals surface area (Å²) in [6, 6.07) is 9.70. The molecule has 0 amide bonds. The number of nitrogens with one attached hydrogen (secondary N) is 1. The van der Waals surface area contributed by atoms with Gasteiger partial charge in [-0.25, -0.2) is 0 Å². The summed E-state index contributed by atoms with van der Waals surface area (Å²) in [6.45, 7) is 13.7. The van der Waals surface area contributed by atoms with Gasteiger partial charge in [-0.3, -0.25) is 0 Å². The molecule has 0 radical (unpaired) electrons. The molecule has 1 fully saturated rings. The predicted molar refractivity (Wildman–Crippen MR) is 92.1 cm³/mol. The Balaban J connectivity index is 1.95. The maximum Gasteiger partial charge on any atom is 0.0367 e. The Morgan fingerprint density at radius 1 is 1.00 bits per heavy atom. The van der Waals surface area contributed by atoms with Crippen molar-refractivity contribution in [3.63, 3.8) is 0 Å². The van der Waals surface area contributed by atoms with E-state index in [2.05, 4.69) is 60.2 Å². The Hall–Kier alpha value is -1.06. The van der Waals surface area contributed by atoms with Gasteiger partial charge in [-0.05, 0) is 43.6 Å². The minimum atomic E-state index is 0.496. The maximum absolute atomic E-state index is 3.63. The minimum absolute atomic E-state index is 0.496. The largest absolute Gasteiger partial charge is 0.369 e. The Morgan fingerprint density at radius 3 is 2.19 bits per heavy atom. The van der Waals surface area contributed by atoms with Crippen LogP contribution in [0.5, 0.6) is 0 Å². The fraction of sp³-hybridized carbons (Fsp3) is 0.667. The third-order valence-corrected chi connectivity index (χ3v) is 4.53. The minimum Gasteiger partial charge on any atom is -0.369 e. The van der Waals surface area contributed by atoms with Crippen molar-refractivity contribution in [2.24, 2.45) is 0 Å². The van der Waals surface area contributed by atoms with Crippen LogP contribution in [-0.2, 0) is 0 Å². The van der Waals surface area contributed by atoms with Crippen molar-refractivity contribution in [3.05, 3.63) is 29.8 Å². The van der Waals surface area contributed by atoms with Gasteiger partial charge in [0.1, 0.15) is 0 Å². The highest BCUT2D eigenvalue weighted by atomic mass is 15.3. The third kappa shape index (κ3) is 4.45. The fourth-order valence-corrected chi connectivity index (χ4v) is 3.06. The number of hydrogen-bond acceptors (Lipinski definition) is 3. The Labute approximate surface area is 130 Å². The molecule has 0 spiro atoms. The highest BCUT2D eigenvalue weighted by Gasteiger charge is 2.16. The lowest BCUT2D eigenvalue weighted by molar-refractivity contribution is 0.271. The maximum atomic E-state index is 3.63. The molecule has 1 aliphatic rings. The van der Waals surface area contributed by atoms with E-state index in [1.807, 2.05) is 0 Å². The lowest BCUT2D eigenvalue weighted by Crippen LogP contribution is -2.46. The molecular weight excluding hydrogens is 258 g/mol. The zero-order valence-electron chi connectivity index (χ0n) is 13.9. The van der Waals surface area contributed by atoms with E-state index in [1.165, 1.54) is 37.3 Å². The normalized spacial score (nSPS) is 18.0. The van der Waals surface area contributed by atoms with Crippen LogP contribution in [0, 0.1) is 0 Å². The number of nitrogens with zero attached hydrogens (tertiary/aromatic N) is 2. The molecule has 1 aromatic rings. The van der Waals surface area contributed by atoms with Gasteiger partial charge in [0.15, 0.2) is 0 Å². The second-order valence-corrected chi connectivity index (χ2v) is 5.93. The van der Waals surface area contributed by atoms with Crippen molar-refractivity contribution in [2.45, 2.75) is 39.7 Å². The smallest absolute Gasteiger partial charge is 0.0367 e. The molecule has 1 heterocycles. The summed E-state index contributed by atoms with van der Waals surface area (Å²) in [5.74, 6) is 0. The van der Waals surface area contributed by atoms with E-state index in [0.29, 0.717) is 6.04 Å². The summed E-state index contributed by atoms with van der Waals surface area (Å²) in [7, 11) is 0. The number of benzene rings is 1. The number of anilines is 1. The number of likely N-dealkylation sites (N-methyl/N-ethyl adjacent to an activating group) is 1. The first-order chi connectivity index (χ1) is 10.3. The monoisotopic (exact) mass is 289 g/mol. The number of piperazine rings is 1. The van der Waals surface area contributed by atoms with Crippen LogP contribution in [0.3, 0.4) is 0 Å². The summed E-state index contributed by atoms with van der Waals surface area (Å²) >= 11 is 0. The molecule has 21 heavy (non-hydrogen) atoms. The first-order valence-electron chi connectivity index (χ1n) is 8.59. The van der Waals surface area contributed by atoms with Crippen molar-refractivity contribution < 1.29 is 0 Å². The van der Waals surface area contributed by atoms with Crippen molar-refractivity contribution in [3.8, 4) is 0 Å². The van der Waals surface area contributed by atoms with E-state index in [4.69, 9.17) is 0 Å². The summed E-state index contributed by atoms with van der Waals surface area (Å²) in [5, 5.41) is 3.63. The van der Waals surface area contributed by atoms with E-state index >= 15 is 0 Å². The fourth-order valence-electron chi connectivity index (χ4n) is 3.06. The van der Waals surface area contributed by atoms with Gasteiger partial charge < -0.3 is 15.1 Å². The van der Waals surface area contributed by atoms with Crippen LogP contribution >= 0.6 is 0 Å². The van der Waals surface area contributed by atoms with Gasteiger partial charge in [0.2, 0.25) is 0 Å². The molecule has 1 N–H and O–H groups in total. The molecule has 1 unspecified atom stereocenters. The molecule has 1 saturated heterocycles. The summed E-state index contributed by atoms with van der Waals surface area (Å²) < 4.78 is 0. The van der Waals surface area contributed by atoms with Gasteiger partial charge in [-0.1, -0.05) is 32.9 Å².